The monoisotopic (exact) mass is 489 g/mol. The number of hydrogen-bond donors (Lipinski definition) is 0. The van der Waals surface area contributed by atoms with Gasteiger partial charge in [-0.3, -0.25) is 4.79 Å². The molecule has 33 heavy (non-hydrogen) atoms. The summed E-state index contributed by atoms with van der Waals surface area (Å²) in [6.45, 7) is 3.89. The van der Waals surface area contributed by atoms with E-state index in [4.69, 9.17) is 9.47 Å². The molecule has 8 nitrogen and oxygen atoms in total. The molecule has 176 valence electrons. The minimum Gasteiger partial charge on any atom is -0.497 e. The standard InChI is InChI=1S/C23H27N3O5S2/c1-3-31-16-15-25-19-7-4-5-9-21(19)32-23(25)24-22(27)20-8-6-14-26(20)33(28,29)18-12-10-17(30-2)11-13-18/h4-5,7,9-13,20H,3,6,8,14-16H2,1-2H3. The first-order valence-electron chi connectivity index (χ1n) is 10.9. The number of nitrogens with zero attached hydrogens (tertiary/aromatic N) is 3. The average Bonchev–Trinajstić information content (AvgIpc) is 3.45. The van der Waals surface area contributed by atoms with Crippen molar-refractivity contribution in [2.45, 2.75) is 37.2 Å². The van der Waals surface area contributed by atoms with Crippen molar-refractivity contribution in [2.24, 2.45) is 4.99 Å². The Labute approximate surface area is 197 Å². The fourth-order valence-corrected chi connectivity index (χ4v) is 6.66. The number of benzene rings is 2. The van der Waals surface area contributed by atoms with E-state index in [2.05, 4.69) is 4.99 Å². The molecule has 2 heterocycles. The molecule has 0 saturated carbocycles. The predicted octanol–water partition coefficient (Wildman–Crippen LogP) is 3.03. The number of fused-ring (bicyclic) bond motifs is 1. The van der Waals surface area contributed by atoms with E-state index in [1.165, 1.54) is 34.9 Å². The first-order valence-corrected chi connectivity index (χ1v) is 13.1. The van der Waals surface area contributed by atoms with Gasteiger partial charge < -0.3 is 14.0 Å². The average molecular weight is 490 g/mol. The van der Waals surface area contributed by atoms with Crippen LogP contribution in [0.15, 0.2) is 58.4 Å². The molecule has 0 aliphatic carbocycles. The second-order valence-corrected chi connectivity index (χ2v) is 10.5. The van der Waals surface area contributed by atoms with Crippen LogP contribution in [0.25, 0.3) is 10.2 Å². The molecular weight excluding hydrogens is 462 g/mol. The Balaban J connectivity index is 1.66. The van der Waals surface area contributed by atoms with Gasteiger partial charge in [0.15, 0.2) is 4.80 Å². The van der Waals surface area contributed by atoms with Crippen molar-refractivity contribution in [1.82, 2.24) is 8.87 Å². The third-order valence-electron chi connectivity index (χ3n) is 5.61. The van der Waals surface area contributed by atoms with Crippen LogP contribution in [0.4, 0.5) is 0 Å². The molecule has 1 unspecified atom stereocenters. The first kappa shape index (κ1) is 23.6. The summed E-state index contributed by atoms with van der Waals surface area (Å²) in [5.41, 5.74) is 0.975. The zero-order chi connectivity index (χ0) is 23.4. The molecule has 0 bridgehead atoms. The Morgan fingerprint density at radius 2 is 1.94 bits per heavy atom. The van der Waals surface area contributed by atoms with Gasteiger partial charge in [0.1, 0.15) is 11.8 Å². The SMILES string of the molecule is CCOCCn1c(=NC(=O)C2CCCN2S(=O)(=O)c2ccc(OC)cc2)sc2ccccc21. The van der Waals surface area contributed by atoms with Gasteiger partial charge in [0.25, 0.3) is 5.91 Å². The lowest BCUT2D eigenvalue weighted by molar-refractivity contribution is -0.121. The van der Waals surface area contributed by atoms with Gasteiger partial charge in [-0.2, -0.15) is 9.30 Å². The fourth-order valence-electron chi connectivity index (χ4n) is 3.95. The maximum Gasteiger partial charge on any atom is 0.266 e. The molecule has 1 aliphatic heterocycles. The number of para-hydroxylation sites is 1. The number of ether oxygens (including phenoxy) is 2. The van der Waals surface area contributed by atoms with Crippen LogP contribution in [0.5, 0.6) is 5.75 Å². The Kier molecular flexibility index (Phi) is 7.28. The van der Waals surface area contributed by atoms with Crippen molar-refractivity contribution in [3.05, 3.63) is 53.3 Å². The number of aromatic nitrogens is 1. The zero-order valence-electron chi connectivity index (χ0n) is 18.6. The third kappa shape index (κ3) is 4.89. The van der Waals surface area contributed by atoms with E-state index in [1.807, 2.05) is 35.8 Å². The maximum atomic E-state index is 13.3. The molecular formula is C23H27N3O5S2. The largest absolute Gasteiger partial charge is 0.497 e. The van der Waals surface area contributed by atoms with Crippen LogP contribution in [0.3, 0.4) is 0 Å². The Morgan fingerprint density at radius 3 is 2.67 bits per heavy atom. The Bertz CT molecular complexity index is 1300. The fraction of sp³-hybridized carbons (Fsp3) is 0.391. The van der Waals surface area contributed by atoms with E-state index in [0.29, 0.717) is 43.2 Å². The highest BCUT2D eigenvalue weighted by molar-refractivity contribution is 7.89. The minimum absolute atomic E-state index is 0.136. The van der Waals surface area contributed by atoms with Crippen LogP contribution < -0.4 is 9.54 Å². The van der Waals surface area contributed by atoms with Gasteiger partial charge in [-0.1, -0.05) is 23.5 Å². The van der Waals surface area contributed by atoms with Crippen LogP contribution in [0, 0.1) is 0 Å². The minimum atomic E-state index is -3.83. The summed E-state index contributed by atoms with van der Waals surface area (Å²) in [6.07, 6.45) is 1.06. The number of carbonyl (C=O) groups is 1. The first-order chi connectivity index (χ1) is 16.0. The lowest BCUT2D eigenvalue weighted by Gasteiger charge is -2.21. The van der Waals surface area contributed by atoms with Gasteiger partial charge >= 0.3 is 0 Å². The molecule has 1 aromatic heterocycles. The lowest BCUT2D eigenvalue weighted by Crippen LogP contribution is -2.40. The van der Waals surface area contributed by atoms with Crippen LogP contribution in [-0.2, 0) is 26.1 Å². The molecule has 1 fully saturated rings. The van der Waals surface area contributed by atoms with Gasteiger partial charge in [0, 0.05) is 19.7 Å². The summed E-state index contributed by atoms with van der Waals surface area (Å²) < 4.78 is 41.4. The van der Waals surface area contributed by atoms with Gasteiger partial charge in [-0.05, 0) is 56.2 Å². The highest BCUT2D eigenvalue weighted by Crippen LogP contribution is 2.28. The predicted molar refractivity (Wildman–Crippen MR) is 127 cm³/mol. The smallest absolute Gasteiger partial charge is 0.266 e. The summed E-state index contributed by atoms with van der Waals surface area (Å²) in [5, 5.41) is 0. The van der Waals surface area contributed by atoms with E-state index >= 15 is 0 Å². The molecule has 0 radical (unpaired) electrons. The second-order valence-electron chi connectivity index (χ2n) is 7.60. The normalized spacial score (nSPS) is 17.6. The quantitative estimate of drug-likeness (QED) is 0.454. The number of amides is 1. The van der Waals surface area contributed by atoms with Gasteiger partial charge in [-0.15, -0.1) is 0 Å². The zero-order valence-corrected chi connectivity index (χ0v) is 20.3. The maximum absolute atomic E-state index is 13.3. The summed E-state index contributed by atoms with van der Waals surface area (Å²) in [5.74, 6) is 0.126. The molecule has 2 aromatic carbocycles. The molecule has 1 saturated heterocycles. The highest BCUT2D eigenvalue weighted by atomic mass is 32.2. The van der Waals surface area contributed by atoms with Crippen molar-refractivity contribution in [3.63, 3.8) is 0 Å². The van der Waals surface area contributed by atoms with Crippen molar-refractivity contribution in [2.75, 3.05) is 26.9 Å². The molecule has 0 N–H and O–H groups in total. The lowest BCUT2D eigenvalue weighted by atomic mass is 10.2. The Hall–Kier alpha value is -2.53. The van der Waals surface area contributed by atoms with Gasteiger partial charge in [0.2, 0.25) is 10.0 Å². The number of methoxy groups -OCH3 is 1. The topological polar surface area (TPSA) is 90.2 Å². The highest BCUT2D eigenvalue weighted by Gasteiger charge is 2.39. The second kappa shape index (κ2) is 10.2. The number of carbonyl (C=O) groups excluding carboxylic acids is 1. The van der Waals surface area contributed by atoms with Crippen molar-refractivity contribution in [3.8, 4) is 5.75 Å². The molecule has 1 atom stereocenters. The molecule has 1 aliphatic rings. The van der Waals surface area contributed by atoms with Crippen LogP contribution in [-0.4, -0.2) is 56.1 Å². The number of hydrogen-bond acceptors (Lipinski definition) is 6. The van der Waals surface area contributed by atoms with E-state index in [-0.39, 0.29) is 11.4 Å². The molecule has 4 rings (SSSR count). The van der Waals surface area contributed by atoms with Crippen molar-refractivity contribution >= 4 is 37.5 Å². The number of rotatable bonds is 8. The van der Waals surface area contributed by atoms with Crippen molar-refractivity contribution < 1.29 is 22.7 Å². The summed E-state index contributed by atoms with van der Waals surface area (Å²) >= 11 is 1.42. The third-order valence-corrected chi connectivity index (χ3v) is 8.59. The summed E-state index contributed by atoms with van der Waals surface area (Å²) in [4.78, 5) is 18.3. The summed E-state index contributed by atoms with van der Waals surface area (Å²) in [6, 6.07) is 13.2. The van der Waals surface area contributed by atoms with E-state index < -0.39 is 22.0 Å². The molecule has 3 aromatic rings. The molecule has 0 spiro atoms. The van der Waals surface area contributed by atoms with E-state index in [9.17, 15) is 13.2 Å². The Morgan fingerprint density at radius 1 is 1.18 bits per heavy atom. The van der Waals surface area contributed by atoms with Gasteiger partial charge in [-0.25, -0.2) is 8.42 Å². The van der Waals surface area contributed by atoms with Crippen molar-refractivity contribution in [1.29, 1.82) is 0 Å². The molecule has 1 amide bonds. The van der Waals surface area contributed by atoms with Crippen LogP contribution in [0.1, 0.15) is 19.8 Å². The van der Waals surface area contributed by atoms with Gasteiger partial charge in [0.05, 0.1) is 28.8 Å². The molecule has 10 heteroatoms. The van der Waals surface area contributed by atoms with Crippen LogP contribution >= 0.6 is 11.3 Å². The number of sulfonamides is 1. The number of thiazole rings is 1. The van der Waals surface area contributed by atoms with E-state index in [0.717, 1.165) is 10.2 Å². The van der Waals surface area contributed by atoms with E-state index in [1.54, 1.807) is 12.1 Å². The summed E-state index contributed by atoms with van der Waals surface area (Å²) in [7, 11) is -2.31. The van der Waals surface area contributed by atoms with Crippen LogP contribution in [0.2, 0.25) is 0 Å².